The summed E-state index contributed by atoms with van der Waals surface area (Å²) in [5.41, 5.74) is 0. The van der Waals surface area contributed by atoms with E-state index in [2.05, 4.69) is 5.32 Å². The van der Waals surface area contributed by atoms with E-state index in [0.717, 1.165) is 12.8 Å². The molecule has 0 aromatic carbocycles. The Kier molecular flexibility index (Phi) is 7.10. The van der Waals surface area contributed by atoms with Crippen LogP contribution in [0.2, 0.25) is 0 Å². The predicted octanol–water partition coefficient (Wildman–Crippen LogP) is -0.823. The third-order valence-corrected chi connectivity index (χ3v) is 5.23. The molecular formula is C11H23NO5S. The lowest BCUT2D eigenvalue weighted by atomic mass is 10.2. The van der Waals surface area contributed by atoms with Gasteiger partial charge in [0.05, 0.1) is 36.9 Å². The maximum atomic E-state index is 11.5. The van der Waals surface area contributed by atoms with Crippen LogP contribution in [0.1, 0.15) is 12.8 Å². The molecule has 7 heteroatoms. The number of ether oxygens (including phenoxy) is 2. The zero-order valence-corrected chi connectivity index (χ0v) is 11.6. The van der Waals surface area contributed by atoms with Crippen LogP contribution >= 0.6 is 0 Å². The average Bonchev–Trinajstić information content (AvgIpc) is 2.64. The van der Waals surface area contributed by atoms with E-state index in [1.165, 1.54) is 0 Å². The summed E-state index contributed by atoms with van der Waals surface area (Å²) >= 11 is 0. The molecule has 1 rings (SSSR count). The van der Waals surface area contributed by atoms with Crippen molar-refractivity contribution in [1.82, 2.24) is 5.32 Å². The van der Waals surface area contributed by atoms with E-state index < -0.39 is 15.9 Å². The minimum absolute atomic E-state index is 0.230. The van der Waals surface area contributed by atoms with E-state index in [9.17, 15) is 13.5 Å². The fraction of sp³-hybridized carbons (Fsp3) is 1.00. The predicted molar refractivity (Wildman–Crippen MR) is 68.4 cm³/mol. The summed E-state index contributed by atoms with van der Waals surface area (Å²) in [6.45, 7) is 1.94. The minimum atomic E-state index is -2.90. The number of nitrogens with one attached hydrogen (secondary N) is 1. The van der Waals surface area contributed by atoms with Gasteiger partial charge >= 0.3 is 0 Å². The van der Waals surface area contributed by atoms with Crippen molar-refractivity contribution in [2.45, 2.75) is 24.2 Å². The summed E-state index contributed by atoms with van der Waals surface area (Å²) in [7, 11) is -1.31. The lowest BCUT2D eigenvalue weighted by Gasteiger charge is -2.14. The molecule has 2 unspecified atom stereocenters. The number of rotatable bonds is 9. The van der Waals surface area contributed by atoms with Crippen LogP contribution in [0.4, 0.5) is 0 Å². The van der Waals surface area contributed by atoms with Crippen molar-refractivity contribution < 1.29 is 23.0 Å². The Balaban J connectivity index is 2.06. The zero-order valence-electron chi connectivity index (χ0n) is 10.8. The fourth-order valence-corrected chi connectivity index (χ4v) is 3.72. The first kappa shape index (κ1) is 15.8. The number of sulfone groups is 1. The lowest BCUT2D eigenvalue weighted by Crippen LogP contribution is -2.37. The van der Waals surface area contributed by atoms with Gasteiger partial charge in [0.1, 0.15) is 0 Å². The normalized spacial score (nSPS) is 24.2. The first-order valence-corrected chi connectivity index (χ1v) is 7.95. The highest BCUT2D eigenvalue weighted by atomic mass is 32.2. The summed E-state index contributed by atoms with van der Waals surface area (Å²) in [5.74, 6) is 0.294. The van der Waals surface area contributed by atoms with E-state index in [1.807, 2.05) is 0 Å². The molecule has 2 atom stereocenters. The van der Waals surface area contributed by atoms with Gasteiger partial charge in [0.2, 0.25) is 0 Å². The highest BCUT2D eigenvalue weighted by molar-refractivity contribution is 7.92. The SMILES string of the molecule is COCCOCC(O)CNCC1CCCS1(=O)=O. The smallest absolute Gasteiger partial charge is 0.154 e. The first-order valence-electron chi connectivity index (χ1n) is 6.23. The molecule has 1 saturated heterocycles. The molecule has 0 aliphatic carbocycles. The van der Waals surface area contributed by atoms with Gasteiger partial charge in [0, 0.05) is 20.2 Å². The largest absolute Gasteiger partial charge is 0.389 e. The Labute approximate surface area is 109 Å². The van der Waals surface area contributed by atoms with Gasteiger partial charge < -0.3 is 19.9 Å². The Morgan fingerprint density at radius 3 is 2.83 bits per heavy atom. The molecule has 0 aromatic heterocycles. The molecular weight excluding hydrogens is 258 g/mol. The topological polar surface area (TPSA) is 84.9 Å². The molecule has 6 nitrogen and oxygen atoms in total. The number of hydrogen-bond acceptors (Lipinski definition) is 6. The van der Waals surface area contributed by atoms with Crippen LogP contribution in [0.3, 0.4) is 0 Å². The molecule has 18 heavy (non-hydrogen) atoms. The van der Waals surface area contributed by atoms with Crippen molar-refractivity contribution in [1.29, 1.82) is 0 Å². The maximum absolute atomic E-state index is 11.5. The molecule has 2 N–H and O–H groups in total. The lowest BCUT2D eigenvalue weighted by molar-refractivity contribution is 0.0139. The standard InChI is InChI=1S/C11H23NO5S/c1-16-4-5-17-9-10(13)7-12-8-11-3-2-6-18(11,14)15/h10-13H,2-9H2,1H3. The molecule has 1 aliphatic heterocycles. The van der Waals surface area contributed by atoms with Crippen molar-refractivity contribution >= 4 is 9.84 Å². The van der Waals surface area contributed by atoms with E-state index in [-0.39, 0.29) is 11.9 Å². The van der Waals surface area contributed by atoms with Crippen molar-refractivity contribution in [3.05, 3.63) is 0 Å². The third-order valence-electron chi connectivity index (χ3n) is 2.96. The number of hydrogen-bond donors (Lipinski definition) is 2. The summed E-state index contributed by atoms with van der Waals surface area (Å²) < 4.78 is 33.1. The second-order valence-electron chi connectivity index (χ2n) is 4.51. The summed E-state index contributed by atoms with van der Waals surface area (Å²) in [6.07, 6.45) is 0.846. The van der Waals surface area contributed by atoms with Gasteiger partial charge in [-0.1, -0.05) is 0 Å². The van der Waals surface area contributed by atoms with Crippen LogP contribution in [-0.4, -0.2) is 70.7 Å². The minimum Gasteiger partial charge on any atom is -0.389 e. The molecule has 0 aromatic rings. The first-order chi connectivity index (χ1) is 8.56. The summed E-state index contributed by atoms with van der Waals surface area (Å²) in [5, 5.41) is 12.3. The van der Waals surface area contributed by atoms with Crippen LogP contribution in [0.25, 0.3) is 0 Å². The second kappa shape index (κ2) is 8.06. The van der Waals surface area contributed by atoms with E-state index in [4.69, 9.17) is 9.47 Å². The van der Waals surface area contributed by atoms with E-state index >= 15 is 0 Å². The number of methoxy groups -OCH3 is 1. The second-order valence-corrected chi connectivity index (χ2v) is 6.91. The van der Waals surface area contributed by atoms with Crippen molar-refractivity contribution in [3.63, 3.8) is 0 Å². The molecule has 0 saturated carbocycles. The Morgan fingerprint density at radius 2 is 2.22 bits per heavy atom. The number of aliphatic hydroxyl groups is 1. The average molecular weight is 281 g/mol. The molecule has 1 aliphatic rings. The summed E-state index contributed by atoms with van der Waals surface area (Å²) in [4.78, 5) is 0. The molecule has 0 radical (unpaired) electrons. The third kappa shape index (κ3) is 5.62. The van der Waals surface area contributed by atoms with Gasteiger partial charge in [0.15, 0.2) is 9.84 Å². The molecule has 0 spiro atoms. The van der Waals surface area contributed by atoms with Crippen LogP contribution in [0.5, 0.6) is 0 Å². The molecule has 108 valence electrons. The monoisotopic (exact) mass is 281 g/mol. The maximum Gasteiger partial charge on any atom is 0.154 e. The highest BCUT2D eigenvalue weighted by Crippen LogP contribution is 2.18. The van der Waals surface area contributed by atoms with Gasteiger partial charge in [-0.05, 0) is 12.8 Å². The van der Waals surface area contributed by atoms with Crippen molar-refractivity contribution in [3.8, 4) is 0 Å². The Bertz CT molecular complexity index is 319. The number of aliphatic hydroxyl groups excluding tert-OH is 1. The molecule has 1 heterocycles. The van der Waals surface area contributed by atoms with Crippen molar-refractivity contribution in [2.75, 3.05) is 45.8 Å². The van der Waals surface area contributed by atoms with Crippen LogP contribution in [-0.2, 0) is 19.3 Å². The van der Waals surface area contributed by atoms with Gasteiger partial charge in [-0.15, -0.1) is 0 Å². The van der Waals surface area contributed by atoms with Crippen molar-refractivity contribution in [2.24, 2.45) is 0 Å². The Morgan fingerprint density at radius 1 is 1.44 bits per heavy atom. The Hall–Kier alpha value is -0.210. The quantitative estimate of drug-likeness (QED) is 0.537. The molecule has 0 bridgehead atoms. The fourth-order valence-electron chi connectivity index (χ4n) is 1.92. The van der Waals surface area contributed by atoms with Gasteiger partial charge in [0.25, 0.3) is 0 Å². The highest BCUT2D eigenvalue weighted by Gasteiger charge is 2.30. The van der Waals surface area contributed by atoms with E-state index in [1.54, 1.807) is 7.11 Å². The van der Waals surface area contributed by atoms with Gasteiger partial charge in [-0.3, -0.25) is 0 Å². The van der Waals surface area contributed by atoms with Crippen LogP contribution in [0, 0.1) is 0 Å². The zero-order chi connectivity index (χ0) is 13.4. The molecule has 0 amide bonds. The van der Waals surface area contributed by atoms with Crippen LogP contribution in [0.15, 0.2) is 0 Å². The van der Waals surface area contributed by atoms with Crippen LogP contribution < -0.4 is 5.32 Å². The summed E-state index contributed by atoms with van der Waals surface area (Å²) in [6, 6.07) is 0. The van der Waals surface area contributed by atoms with Gasteiger partial charge in [-0.25, -0.2) is 8.42 Å². The molecule has 1 fully saturated rings. The van der Waals surface area contributed by atoms with Gasteiger partial charge in [-0.2, -0.15) is 0 Å². The van der Waals surface area contributed by atoms with E-state index in [0.29, 0.717) is 32.1 Å².